The van der Waals surface area contributed by atoms with Gasteiger partial charge in [-0.05, 0) is 87.6 Å². The van der Waals surface area contributed by atoms with E-state index in [0.29, 0.717) is 24.3 Å². The Balaban J connectivity index is 1.53. The van der Waals surface area contributed by atoms with Gasteiger partial charge in [-0.1, -0.05) is 30.3 Å². The van der Waals surface area contributed by atoms with E-state index < -0.39 is 5.97 Å². The number of urea groups is 1. The SMILES string of the molecule is Cc1ccccc1NC(=O)Nc1ccc(CC(=O)NCC(=O)N(CCCN(C)C)c2ccc(C(=O)O)cc2)cc1. The lowest BCUT2D eigenvalue weighted by Crippen LogP contribution is -2.41. The van der Waals surface area contributed by atoms with E-state index in [4.69, 9.17) is 5.11 Å². The second-order valence-electron chi connectivity index (χ2n) is 9.60. The summed E-state index contributed by atoms with van der Waals surface area (Å²) in [6, 6.07) is 20.1. The third-order valence-corrected chi connectivity index (χ3v) is 6.12. The number of carbonyl (C=O) groups is 4. The molecule has 0 aliphatic carbocycles. The van der Waals surface area contributed by atoms with Gasteiger partial charge >= 0.3 is 12.0 Å². The van der Waals surface area contributed by atoms with E-state index in [9.17, 15) is 19.2 Å². The normalized spacial score (nSPS) is 10.6. The maximum absolute atomic E-state index is 13.0. The van der Waals surface area contributed by atoms with Gasteiger partial charge in [0, 0.05) is 23.6 Å². The molecular weight excluding hydrogens is 510 g/mol. The van der Waals surface area contributed by atoms with Gasteiger partial charge in [0.15, 0.2) is 0 Å². The topological polar surface area (TPSA) is 131 Å². The fraction of sp³-hybridized carbons (Fsp3) is 0.267. The van der Waals surface area contributed by atoms with Crippen LogP contribution in [-0.4, -0.2) is 67.6 Å². The number of anilines is 3. The molecule has 0 radical (unpaired) electrons. The fourth-order valence-corrected chi connectivity index (χ4v) is 3.95. The first-order valence-electron chi connectivity index (χ1n) is 12.9. The minimum atomic E-state index is -1.04. The van der Waals surface area contributed by atoms with Crippen molar-refractivity contribution in [1.82, 2.24) is 10.2 Å². The molecule has 0 atom stereocenters. The molecule has 0 bridgehead atoms. The lowest BCUT2D eigenvalue weighted by molar-refractivity contribution is -0.124. The maximum atomic E-state index is 13.0. The van der Waals surface area contributed by atoms with E-state index in [1.165, 1.54) is 12.1 Å². The van der Waals surface area contributed by atoms with Crippen molar-refractivity contribution in [1.29, 1.82) is 0 Å². The highest BCUT2D eigenvalue weighted by atomic mass is 16.4. The second-order valence-corrected chi connectivity index (χ2v) is 9.60. The summed E-state index contributed by atoms with van der Waals surface area (Å²) < 4.78 is 0. The number of hydrogen-bond donors (Lipinski definition) is 4. The smallest absolute Gasteiger partial charge is 0.335 e. The molecule has 4 amide bonds. The first-order valence-corrected chi connectivity index (χ1v) is 12.9. The molecule has 0 heterocycles. The molecule has 4 N–H and O–H groups in total. The number of carboxylic acids is 1. The molecule has 0 aromatic heterocycles. The fourth-order valence-electron chi connectivity index (χ4n) is 3.95. The maximum Gasteiger partial charge on any atom is 0.335 e. The molecule has 0 saturated heterocycles. The summed E-state index contributed by atoms with van der Waals surface area (Å²) in [5.41, 5.74) is 3.67. The van der Waals surface area contributed by atoms with Crippen LogP contribution in [0.4, 0.5) is 21.9 Å². The van der Waals surface area contributed by atoms with Crippen molar-refractivity contribution in [3.8, 4) is 0 Å². The molecule has 10 nitrogen and oxygen atoms in total. The second kappa shape index (κ2) is 14.5. The zero-order valence-electron chi connectivity index (χ0n) is 22.9. The quantitative estimate of drug-likeness (QED) is 0.272. The number of rotatable bonds is 12. The molecule has 0 aliphatic heterocycles. The molecule has 3 aromatic carbocycles. The first-order chi connectivity index (χ1) is 19.1. The number of aromatic carboxylic acids is 1. The Bertz CT molecular complexity index is 1320. The lowest BCUT2D eigenvalue weighted by Gasteiger charge is -2.24. The molecule has 3 rings (SSSR count). The summed E-state index contributed by atoms with van der Waals surface area (Å²) in [5.74, 6) is -1.66. The highest BCUT2D eigenvalue weighted by Crippen LogP contribution is 2.17. The van der Waals surface area contributed by atoms with Crippen LogP contribution in [0.3, 0.4) is 0 Å². The van der Waals surface area contributed by atoms with Crippen molar-refractivity contribution in [3.05, 3.63) is 89.5 Å². The number of aryl methyl sites for hydroxylation is 1. The van der Waals surface area contributed by atoms with Gasteiger partial charge in [0.25, 0.3) is 0 Å². The van der Waals surface area contributed by atoms with Crippen LogP contribution in [0, 0.1) is 6.92 Å². The third kappa shape index (κ3) is 9.25. The van der Waals surface area contributed by atoms with Gasteiger partial charge in [0.2, 0.25) is 11.8 Å². The molecular formula is C30H35N5O5. The van der Waals surface area contributed by atoms with Crippen LogP contribution in [0.1, 0.15) is 27.9 Å². The standard InChI is InChI=1S/C30H35N5O5/c1-21-7-4-5-8-26(21)33-30(40)32-24-13-9-22(10-14-24)19-27(36)31-20-28(37)35(18-6-17-34(2)3)25-15-11-23(12-16-25)29(38)39/h4-5,7-16H,6,17-20H2,1-3H3,(H,31,36)(H,38,39)(H2,32,33,40). The Morgan fingerprint density at radius 1 is 0.825 bits per heavy atom. The monoisotopic (exact) mass is 545 g/mol. The third-order valence-electron chi connectivity index (χ3n) is 6.12. The number of nitrogens with zero attached hydrogens (tertiary/aromatic N) is 2. The summed E-state index contributed by atoms with van der Waals surface area (Å²) in [4.78, 5) is 52.6. The van der Waals surface area contributed by atoms with Gasteiger partial charge in [-0.15, -0.1) is 0 Å². The molecule has 40 heavy (non-hydrogen) atoms. The Morgan fingerprint density at radius 3 is 2.12 bits per heavy atom. The molecule has 0 aliphatic rings. The van der Waals surface area contributed by atoms with E-state index in [1.54, 1.807) is 41.3 Å². The molecule has 0 unspecified atom stereocenters. The van der Waals surface area contributed by atoms with Crippen molar-refractivity contribution >= 4 is 40.9 Å². The highest BCUT2D eigenvalue weighted by Gasteiger charge is 2.17. The summed E-state index contributed by atoms with van der Waals surface area (Å²) in [7, 11) is 3.88. The minimum absolute atomic E-state index is 0.0664. The zero-order valence-corrected chi connectivity index (χ0v) is 22.9. The van der Waals surface area contributed by atoms with Gasteiger partial charge in [-0.25, -0.2) is 9.59 Å². The average molecular weight is 546 g/mol. The van der Waals surface area contributed by atoms with E-state index in [0.717, 1.165) is 23.4 Å². The summed E-state index contributed by atoms with van der Waals surface area (Å²) in [6.07, 6.45) is 0.771. The summed E-state index contributed by atoms with van der Waals surface area (Å²) in [5, 5.41) is 17.4. The molecule has 3 aromatic rings. The van der Waals surface area contributed by atoms with E-state index in [-0.39, 0.29) is 36.4 Å². The molecule has 0 fully saturated rings. The first kappa shape index (κ1) is 29.9. The molecule has 0 saturated carbocycles. The number of carboxylic acid groups (broad SMARTS) is 1. The van der Waals surface area contributed by atoms with Crippen LogP contribution < -0.4 is 20.9 Å². The summed E-state index contributed by atoms with van der Waals surface area (Å²) in [6.45, 7) is 2.90. The Labute approximate surface area is 234 Å². The predicted molar refractivity (Wildman–Crippen MR) is 156 cm³/mol. The summed E-state index contributed by atoms with van der Waals surface area (Å²) >= 11 is 0. The molecule has 0 spiro atoms. The number of carbonyl (C=O) groups excluding carboxylic acids is 3. The molecule has 10 heteroatoms. The lowest BCUT2D eigenvalue weighted by atomic mass is 10.1. The predicted octanol–water partition coefficient (Wildman–Crippen LogP) is 3.98. The van der Waals surface area contributed by atoms with Gasteiger partial charge < -0.3 is 30.9 Å². The van der Waals surface area contributed by atoms with Crippen molar-refractivity contribution in [2.45, 2.75) is 19.8 Å². The van der Waals surface area contributed by atoms with Gasteiger partial charge in [0.1, 0.15) is 0 Å². The van der Waals surface area contributed by atoms with Crippen LogP contribution in [-0.2, 0) is 16.0 Å². The van der Waals surface area contributed by atoms with Crippen LogP contribution in [0.25, 0.3) is 0 Å². The largest absolute Gasteiger partial charge is 0.478 e. The van der Waals surface area contributed by atoms with E-state index in [2.05, 4.69) is 16.0 Å². The van der Waals surface area contributed by atoms with Crippen molar-refractivity contribution in [3.63, 3.8) is 0 Å². The Hall–Kier alpha value is -4.70. The van der Waals surface area contributed by atoms with E-state index >= 15 is 0 Å². The Kier molecular flexibility index (Phi) is 10.8. The van der Waals surface area contributed by atoms with Gasteiger partial charge in [-0.2, -0.15) is 0 Å². The van der Waals surface area contributed by atoms with Crippen molar-refractivity contribution in [2.75, 3.05) is 49.3 Å². The zero-order chi connectivity index (χ0) is 29.1. The van der Waals surface area contributed by atoms with Crippen molar-refractivity contribution < 1.29 is 24.3 Å². The average Bonchev–Trinajstić information content (AvgIpc) is 2.92. The van der Waals surface area contributed by atoms with Gasteiger partial charge in [0.05, 0.1) is 18.5 Å². The number of amides is 4. The Morgan fingerprint density at radius 2 is 1.50 bits per heavy atom. The number of nitrogens with one attached hydrogen (secondary N) is 3. The van der Waals surface area contributed by atoms with Gasteiger partial charge in [-0.3, -0.25) is 9.59 Å². The van der Waals surface area contributed by atoms with Crippen LogP contribution >= 0.6 is 0 Å². The van der Waals surface area contributed by atoms with E-state index in [1.807, 2.05) is 50.2 Å². The number of para-hydroxylation sites is 1. The van der Waals surface area contributed by atoms with Crippen LogP contribution in [0.2, 0.25) is 0 Å². The minimum Gasteiger partial charge on any atom is -0.478 e. The highest BCUT2D eigenvalue weighted by molar-refractivity contribution is 6.00. The van der Waals surface area contributed by atoms with Crippen molar-refractivity contribution in [2.24, 2.45) is 0 Å². The number of benzene rings is 3. The van der Waals surface area contributed by atoms with Crippen LogP contribution in [0.5, 0.6) is 0 Å². The molecule has 210 valence electrons. The van der Waals surface area contributed by atoms with Crippen LogP contribution in [0.15, 0.2) is 72.8 Å². The number of hydrogen-bond acceptors (Lipinski definition) is 5.